The van der Waals surface area contributed by atoms with Crippen molar-refractivity contribution in [1.82, 2.24) is 15.5 Å². The molecule has 1 amide bonds. The summed E-state index contributed by atoms with van der Waals surface area (Å²) < 4.78 is 14.3. The van der Waals surface area contributed by atoms with E-state index in [-0.39, 0.29) is 11.7 Å². The molecule has 0 saturated heterocycles. The van der Waals surface area contributed by atoms with Crippen molar-refractivity contribution in [3.05, 3.63) is 30.1 Å². The molecule has 2 N–H and O–H groups in total. The molecule has 3 rings (SSSR count). The molecule has 1 fully saturated rings. The maximum atomic E-state index is 13.7. The molecule has 1 aromatic carbocycles. The van der Waals surface area contributed by atoms with Crippen LogP contribution in [0.1, 0.15) is 39.0 Å². The maximum Gasteiger partial charge on any atom is 0.234 e. The summed E-state index contributed by atoms with van der Waals surface area (Å²) >= 11 is 2.53. The standard InChI is InChI=1S/C18H20FN5OS2/c1-12(15(25)22-18(11-20)9-5-2-6-10-18)26-17-24-23-16(27-17)21-14-8-4-3-7-13(14)19/h3-4,7-8,12H,2,5-6,9-10H2,1H3,(H,21,23)(H,22,25). The smallest absolute Gasteiger partial charge is 0.234 e. The van der Waals surface area contributed by atoms with Crippen LogP contribution in [0, 0.1) is 17.1 Å². The van der Waals surface area contributed by atoms with E-state index in [0.717, 1.165) is 19.3 Å². The number of amides is 1. The lowest BCUT2D eigenvalue weighted by atomic mass is 9.83. The Hall–Kier alpha value is -2.18. The van der Waals surface area contributed by atoms with Crippen LogP contribution in [0.25, 0.3) is 0 Å². The van der Waals surface area contributed by atoms with E-state index in [1.165, 1.54) is 29.2 Å². The summed E-state index contributed by atoms with van der Waals surface area (Å²) in [6.07, 6.45) is 4.41. The zero-order valence-corrected chi connectivity index (χ0v) is 16.5. The third-order valence-corrected chi connectivity index (χ3v) is 6.48. The van der Waals surface area contributed by atoms with Crippen molar-refractivity contribution in [3.63, 3.8) is 0 Å². The first kappa shape index (κ1) is 19.6. The van der Waals surface area contributed by atoms with Gasteiger partial charge in [0.15, 0.2) is 4.34 Å². The van der Waals surface area contributed by atoms with Crippen LogP contribution in [-0.4, -0.2) is 26.9 Å². The highest BCUT2D eigenvalue weighted by Crippen LogP contribution is 2.32. The van der Waals surface area contributed by atoms with E-state index in [1.807, 2.05) is 0 Å². The number of para-hydroxylation sites is 1. The van der Waals surface area contributed by atoms with Crippen LogP contribution in [0.15, 0.2) is 28.6 Å². The van der Waals surface area contributed by atoms with E-state index >= 15 is 0 Å². The Kier molecular flexibility index (Phi) is 6.29. The fourth-order valence-electron chi connectivity index (χ4n) is 2.95. The third-order valence-electron chi connectivity index (χ3n) is 4.45. The second kappa shape index (κ2) is 8.67. The number of hydrogen-bond donors (Lipinski definition) is 2. The highest BCUT2D eigenvalue weighted by molar-refractivity contribution is 8.02. The van der Waals surface area contributed by atoms with Crippen molar-refractivity contribution in [1.29, 1.82) is 5.26 Å². The van der Waals surface area contributed by atoms with Crippen molar-refractivity contribution in [2.45, 2.75) is 54.2 Å². The van der Waals surface area contributed by atoms with Crippen LogP contribution >= 0.6 is 23.1 Å². The Morgan fingerprint density at radius 3 is 2.78 bits per heavy atom. The zero-order valence-electron chi connectivity index (χ0n) is 14.9. The molecule has 1 aliphatic carbocycles. The Morgan fingerprint density at radius 1 is 1.33 bits per heavy atom. The van der Waals surface area contributed by atoms with Crippen molar-refractivity contribution in [2.75, 3.05) is 5.32 Å². The number of nitrogens with one attached hydrogen (secondary N) is 2. The molecular formula is C18H20FN5OS2. The van der Waals surface area contributed by atoms with E-state index in [9.17, 15) is 14.4 Å². The van der Waals surface area contributed by atoms with Crippen LogP contribution in [0.2, 0.25) is 0 Å². The molecule has 2 aromatic rings. The second-order valence-corrected chi connectivity index (χ2v) is 9.05. The van der Waals surface area contributed by atoms with Crippen molar-refractivity contribution < 1.29 is 9.18 Å². The largest absolute Gasteiger partial charge is 0.337 e. The van der Waals surface area contributed by atoms with Crippen LogP contribution in [0.3, 0.4) is 0 Å². The lowest BCUT2D eigenvalue weighted by molar-refractivity contribution is -0.121. The normalized spacial score (nSPS) is 16.9. The SMILES string of the molecule is CC(Sc1nnc(Nc2ccccc2F)s1)C(=O)NC1(C#N)CCCCC1. The van der Waals surface area contributed by atoms with Gasteiger partial charge in [0.2, 0.25) is 11.0 Å². The monoisotopic (exact) mass is 405 g/mol. The maximum absolute atomic E-state index is 13.7. The zero-order chi connectivity index (χ0) is 19.3. The molecule has 1 atom stereocenters. The number of halogens is 1. The number of benzene rings is 1. The summed E-state index contributed by atoms with van der Waals surface area (Å²) in [6.45, 7) is 1.78. The number of hydrogen-bond acceptors (Lipinski definition) is 7. The number of aromatic nitrogens is 2. The van der Waals surface area contributed by atoms with Crippen molar-refractivity contribution in [3.8, 4) is 6.07 Å². The number of thioether (sulfide) groups is 1. The van der Waals surface area contributed by atoms with Gasteiger partial charge >= 0.3 is 0 Å². The minimum atomic E-state index is -0.747. The summed E-state index contributed by atoms with van der Waals surface area (Å²) in [5.41, 5.74) is -0.424. The van der Waals surface area contributed by atoms with Gasteiger partial charge in [-0.05, 0) is 31.9 Å². The number of carbonyl (C=O) groups is 1. The van der Waals surface area contributed by atoms with Gasteiger partial charge in [-0.25, -0.2) is 4.39 Å². The van der Waals surface area contributed by atoms with Crippen LogP contribution in [0.4, 0.5) is 15.2 Å². The Morgan fingerprint density at radius 2 is 2.07 bits per heavy atom. The molecule has 142 valence electrons. The molecule has 1 saturated carbocycles. The molecule has 6 nitrogen and oxygen atoms in total. The van der Waals surface area contributed by atoms with E-state index in [2.05, 4.69) is 26.9 Å². The molecular weight excluding hydrogens is 385 g/mol. The van der Waals surface area contributed by atoms with E-state index in [4.69, 9.17) is 0 Å². The Bertz CT molecular complexity index is 844. The second-order valence-electron chi connectivity index (χ2n) is 6.48. The Labute approximate surface area is 165 Å². The fourth-order valence-corrected chi connectivity index (χ4v) is 4.86. The average Bonchev–Trinajstić information content (AvgIpc) is 3.11. The average molecular weight is 406 g/mol. The van der Waals surface area contributed by atoms with E-state index in [1.54, 1.807) is 25.1 Å². The van der Waals surface area contributed by atoms with Gasteiger partial charge in [-0.2, -0.15) is 5.26 Å². The number of anilines is 2. The molecule has 0 spiro atoms. The quantitative estimate of drug-likeness (QED) is 0.699. The highest BCUT2D eigenvalue weighted by atomic mass is 32.2. The first-order chi connectivity index (χ1) is 13.0. The van der Waals surface area contributed by atoms with E-state index in [0.29, 0.717) is 28.0 Å². The number of nitriles is 1. The van der Waals surface area contributed by atoms with Crippen molar-refractivity contribution in [2.24, 2.45) is 0 Å². The number of rotatable bonds is 6. The van der Waals surface area contributed by atoms with E-state index < -0.39 is 10.8 Å². The van der Waals surface area contributed by atoms with Gasteiger partial charge in [0, 0.05) is 0 Å². The Balaban J connectivity index is 1.59. The molecule has 1 unspecified atom stereocenters. The molecule has 9 heteroatoms. The highest BCUT2D eigenvalue weighted by Gasteiger charge is 2.35. The summed E-state index contributed by atoms with van der Waals surface area (Å²) in [4.78, 5) is 12.5. The summed E-state index contributed by atoms with van der Waals surface area (Å²) in [7, 11) is 0. The van der Waals surface area contributed by atoms with Gasteiger partial charge in [0.25, 0.3) is 0 Å². The summed E-state index contributed by atoms with van der Waals surface area (Å²) in [5.74, 6) is -0.550. The lowest BCUT2D eigenvalue weighted by Crippen LogP contribution is -2.50. The van der Waals surface area contributed by atoms with Gasteiger partial charge in [0.05, 0.1) is 17.0 Å². The molecule has 0 bridgehead atoms. The minimum Gasteiger partial charge on any atom is -0.337 e. The van der Waals surface area contributed by atoms with Crippen LogP contribution < -0.4 is 10.6 Å². The molecule has 1 heterocycles. The topological polar surface area (TPSA) is 90.7 Å². The fraction of sp³-hybridized carbons (Fsp3) is 0.444. The van der Waals surface area contributed by atoms with Gasteiger partial charge in [-0.15, -0.1) is 10.2 Å². The molecule has 0 radical (unpaired) electrons. The van der Waals surface area contributed by atoms with Crippen molar-refractivity contribution >= 4 is 39.8 Å². The van der Waals surface area contributed by atoms with Crippen LogP contribution in [0.5, 0.6) is 0 Å². The molecule has 1 aliphatic rings. The van der Waals surface area contributed by atoms with Crippen LogP contribution in [-0.2, 0) is 4.79 Å². The summed E-state index contributed by atoms with van der Waals surface area (Å²) in [5, 5.41) is 23.4. The first-order valence-corrected chi connectivity index (χ1v) is 10.5. The predicted octanol–water partition coefficient (Wildman–Crippen LogP) is 4.24. The molecule has 1 aromatic heterocycles. The number of nitrogens with zero attached hydrogens (tertiary/aromatic N) is 3. The summed E-state index contributed by atoms with van der Waals surface area (Å²) in [6, 6.07) is 8.61. The van der Waals surface area contributed by atoms with Gasteiger partial charge in [-0.1, -0.05) is 54.5 Å². The van der Waals surface area contributed by atoms with Gasteiger partial charge in [0.1, 0.15) is 11.4 Å². The lowest BCUT2D eigenvalue weighted by Gasteiger charge is -2.32. The minimum absolute atomic E-state index is 0.178. The first-order valence-electron chi connectivity index (χ1n) is 8.76. The number of carbonyl (C=O) groups excluding carboxylic acids is 1. The third kappa shape index (κ3) is 4.96. The predicted molar refractivity (Wildman–Crippen MR) is 104 cm³/mol. The molecule has 27 heavy (non-hydrogen) atoms. The molecule has 0 aliphatic heterocycles. The van der Waals surface area contributed by atoms with Gasteiger partial charge in [-0.3, -0.25) is 4.79 Å². The van der Waals surface area contributed by atoms with Gasteiger partial charge < -0.3 is 10.6 Å².